The van der Waals surface area contributed by atoms with Crippen molar-refractivity contribution in [2.24, 2.45) is 0 Å². The molecule has 0 spiro atoms. The lowest BCUT2D eigenvalue weighted by Crippen LogP contribution is -2.17. The van der Waals surface area contributed by atoms with E-state index in [1.165, 1.54) is 17.7 Å². The number of hydrogen-bond donors (Lipinski definition) is 2. The standard InChI is InChI=1S/C11H13N5O2/c1-6-5-10(18)14-11(12-6)16-9(13-8(3)17)4-7(2)15-16/h4-5H,1-3H3,(H,13,17)(H,12,14,18). The van der Waals surface area contributed by atoms with Gasteiger partial charge in [0.15, 0.2) is 0 Å². The van der Waals surface area contributed by atoms with Gasteiger partial charge in [0, 0.05) is 24.8 Å². The lowest BCUT2D eigenvalue weighted by atomic mass is 10.4. The van der Waals surface area contributed by atoms with E-state index in [0.29, 0.717) is 17.2 Å². The number of nitrogens with one attached hydrogen (secondary N) is 2. The molecule has 0 aromatic carbocycles. The van der Waals surface area contributed by atoms with E-state index >= 15 is 0 Å². The maximum Gasteiger partial charge on any atom is 0.252 e. The van der Waals surface area contributed by atoms with Crippen molar-refractivity contribution in [3.05, 3.63) is 33.9 Å². The molecule has 0 unspecified atom stereocenters. The molecule has 2 rings (SSSR count). The first-order valence-electron chi connectivity index (χ1n) is 5.38. The number of carbonyl (C=O) groups excluding carboxylic acids is 1. The molecule has 18 heavy (non-hydrogen) atoms. The Balaban J connectivity index is 2.55. The van der Waals surface area contributed by atoms with Crippen LogP contribution in [0.4, 0.5) is 5.82 Å². The molecule has 0 bridgehead atoms. The van der Waals surface area contributed by atoms with Gasteiger partial charge in [-0.25, -0.2) is 4.98 Å². The summed E-state index contributed by atoms with van der Waals surface area (Å²) in [4.78, 5) is 29.2. The normalized spacial score (nSPS) is 10.4. The summed E-state index contributed by atoms with van der Waals surface area (Å²) in [6.07, 6.45) is 0. The van der Waals surface area contributed by atoms with Gasteiger partial charge in [0.1, 0.15) is 5.82 Å². The summed E-state index contributed by atoms with van der Waals surface area (Å²) in [5.74, 6) is 0.525. The Morgan fingerprint density at radius 2 is 2.06 bits per heavy atom. The van der Waals surface area contributed by atoms with Crippen LogP contribution in [0.5, 0.6) is 0 Å². The van der Waals surface area contributed by atoms with Crippen LogP contribution in [0.25, 0.3) is 5.95 Å². The summed E-state index contributed by atoms with van der Waals surface area (Å²) in [5.41, 5.74) is 1.03. The van der Waals surface area contributed by atoms with Crippen molar-refractivity contribution in [3.8, 4) is 5.95 Å². The van der Waals surface area contributed by atoms with Gasteiger partial charge in [0.25, 0.3) is 5.56 Å². The molecule has 2 aromatic heterocycles. The van der Waals surface area contributed by atoms with E-state index in [4.69, 9.17) is 0 Å². The molecule has 0 radical (unpaired) electrons. The summed E-state index contributed by atoms with van der Waals surface area (Å²) in [6.45, 7) is 4.90. The van der Waals surface area contributed by atoms with E-state index in [1.807, 2.05) is 0 Å². The van der Waals surface area contributed by atoms with Gasteiger partial charge in [-0.05, 0) is 13.8 Å². The lowest BCUT2D eigenvalue weighted by molar-refractivity contribution is -0.114. The first-order valence-corrected chi connectivity index (χ1v) is 5.38. The molecule has 0 saturated carbocycles. The number of anilines is 1. The second kappa shape index (κ2) is 4.44. The van der Waals surface area contributed by atoms with Crippen LogP contribution in [0.2, 0.25) is 0 Å². The summed E-state index contributed by atoms with van der Waals surface area (Å²) in [5, 5.41) is 6.82. The first-order chi connectivity index (χ1) is 8.45. The highest BCUT2D eigenvalue weighted by molar-refractivity contribution is 5.87. The molecule has 2 heterocycles. The molecule has 0 fully saturated rings. The first kappa shape index (κ1) is 12.0. The van der Waals surface area contributed by atoms with Gasteiger partial charge in [0.05, 0.1) is 5.69 Å². The largest absolute Gasteiger partial charge is 0.311 e. The van der Waals surface area contributed by atoms with E-state index < -0.39 is 0 Å². The minimum absolute atomic E-state index is 0.217. The maximum absolute atomic E-state index is 11.4. The van der Waals surface area contributed by atoms with E-state index in [-0.39, 0.29) is 17.4 Å². The number of aryl methyl sites for hydroxylation is 2. The van der Waals surface area contributed by atoms with Gasteiger partial charge in [-0.15, -0.1) is 0 Å². The van der Waals surface area contributed by atoms with Crippen LogP contribution >= 0.6 is 0 Å². The Kier molecular flexibility index (Phi) is 2.97. The third-order valence-corrected chi connectivity index (χ3v) is 2.19. The molecule has 0 aliphatic heterocycles. The summed E-state index contributed by atoms with van der Waals surface area (Å²) < 4.78 is 1.39. The molecule has 7 nitrogen and oxygen atoms in total. The van der Waals surface area contributed by atoms with Gasteiger partial charge in [-0.3, -0.25) is 14.6 Å². The zero-order valence-corrected chi connectivity index (χ0v) is 10.3. The minimum Gasteiger partial charge on any atom is -0.311 e. The predicted octanol–water partition coefficient (Wildman–Crippen LogP) is 0.531. The zero-order valence-electron chi connectivity index (χ0n) is 10.3. The molecule has 0 saturated heterocycles. The van der Waals surface area contributed by atoms with Crippen LogP contribution in [0, 0.1) is 13.8 Å². The van der Waals surface area contributed by atoms with Crippen molar-refractivity contribution in [1.29, 1.82) is 0 Å². The van der Waals surface area contributed by atoms with Crippen molar-refractivity contribution >= 4 is 11.7 Å². The third kappa shape index (κ3) is 2.45. The zero-order chi connectivity index (χ0) is 13.3. The van der Waals surface area contributed by atoms with Gasteiger partial charge < -0.3 is 5.32 Å². The third-order valence-electron chi connectivity index (χ3n) is 2.19. The number of nitrogens with zero attached hydrogens (tertiary/aromatic N) is 3. The van der Waals surface area contributed by atoms with Crippen LogP contribution < -0.4 is 10.9 Å². The van der Waals surface area contributed by atoms with Crippen LogP contribution in [0.15, 0.2) is 16.9 Å². The number of amides is 1. The number of H-pyrrole nitrogens is 1. The van der Waals surface area contributed by atoms with E-state index in [1.54, 1.807) is 19.9 Å². The molecule has 0 atom stereocenters. The van der Waals surface area contributed by atoms with Crippen molar-refractivity contribution in [1.82, 2.24) is 19.7 Å². The Hall–Kier alpha value is -2.44. The summed E-state index contributed by atoms with van der Waals surface area (Å²) in [6, 6.07) is 3.08. The van der Waals surface area contributed by atoms with Crippen LogP contribution in [-0.4, -0.2) is 25.7 Å². The highest BCUT2D eigenvalue weighted by Gasteiger charge is 2.11. The number of carbonyl (C=O) groups is 1. The Bertz CT molecular complexity index is 656. The Labute approximate surface area is 103 Å². The second-order valence-corrected chi connectivity index (χ2v) is 3.97. The SMILES string of the molecule is CC(=O)Nc1cc(C)nn1-c1nc(C)cc(=O)[nH]1. The number of rotatable bonds is 2. The van der Waals surface area contributed by atoms with Gasteiger partial charge in [-0.2, -0.15) is 9.78 Å². The molecular weight excluding hydrogens is 234 g/mol. The average Bonchev–Trinajstić information content (AvgIpc) is 2.56. The smallest absolute Gasteiger partial charge is 0.252 e. The van der Waals surface area contributed by atoms with Crippen LogP contribution in [-0.2, 0) is 4.79 Å². The van der Waals surface area contributed by atoms with E-state index in [9.17, 15) is 9.59 Å². The van der Waals surface area contributed by atoms with Gasteiger partial charge in [-0.1, -0.05) is 0 Å². The molecule has 1 amide bonds. The minimum atomic E-state index is -0.264. The summed E-state index contributed by atoms with van der Waals surface area (Å²) in [7, 11) is 0. The van der Waals surface area contributed by atoms with E-state index in [0.717, 1.165) is 0 Å². The maximum atomic E-state index is 11.4. The average molecular weight is 247 g/mol. The fraction of sp³-hybridized carbons (Fsp3) is 0.273. The van der Waals surface area contributed by atoms with Crippen molar-refractivity contribution in [3.63, 3.8) is 0 Å². The van der Waals surface area contributed by atoms with Crippen molar-refractivity contribution in [2.75, 3.05) is 5.32 Å². The van der Waals surface area contributed by atoms with Crippen LogP contribution in [0.1, 0.15) is 18.3 Å². The number of hydrogen-bond acceptors (Lipinski definition) is 4. The van der Waals surface area contributed by atoms with Crippen molar-refractivity contribution in [2.45, 2.75) is 20.8 Å². The fourth-order valence-corrected chi connectivity index (χ4v) is 1.59. The van der Waals surface area contributed by atoms with Crippen molar-refractivity contribution < 1.29 is 4.79 Å². The van der Waals surface area contributed by atoms with Gasteiger partial charge >= 0.3 is 0 Å². The van der Waals surface area contributed by atoms with E-state index in [2.05, 4.69) is 20.4 Å². The Morgan fingerprint density at radius 3 is 2.67 bits per heavy atom. The highest BCUT2D eigenvalue weighted by Crippen LogP contribution is 2.13. The second-order valence-electron chi connectivity index (χ2n) is 3.97. The van der Waals surface area contributed by atoms with Gasteiger partial charge in [0.2, 0.25) is 11.9 Å². The number of aromatic nitrogens is 4. The topological polar surface area (TPSA) is 92.7 Å². The molecule has 94 valence electrons. The molecule has 2 aromatic rings. The quantitative estimate of drug-likeness (QED) is 0.809. The fourth-order valence-electron chi connectivity index (χ4n) is 1.59. The molecule has 0 aliphatic carbocycles. The molecule has 7 heteroatoms. The predicted molar refractivity (Wildman–Crippen MR) is 65.8 cm³/mol. The highest BCUT2D eigenvalue weighted by atomic mass is 16.1. The monoisotopic (exact) mass is 247 g/mol. The Morgan fingerprint density at radius 1 is 1.33 bits per heavy atom. The number of aromatic amines is 1. The molecule has 2 N–H and O–H groups in total. The van der Waals surface area contributed by atoms with Crippen LogP contribution in [0.3, 0.4) is 0 Å². The molecule has 0 aliphatic rings. The summed E-state index contributed by atoms with van der Waals surface area (Å²) >= 11 is 0. The lowest BCUT2D eigenvalue weighted by Gasteiger charge is -2.06. The molecular formula is C11H13N5O2.